The summed E-state index contributed by atoms with van der Waals surface area (Å²) in [6.45, 7) is 0. The van der Waals surface area contributed by atoms with Gasteiger partial charge in [0.2, 0.25) is 5.17 Å². The SMILES string of the molecule is CN(C)c1ccc(/C=C2\C(=N)N3N=C(Cc4ccc(Cl)cc4)SC3=NC2=O)cc1. The van der Waals surface area contributed by atoms with E-state index >= 15 is 0 Å². The minimum atomic E-state index is -0.423. The van der Waals surface area contributed by atoms with E-state index in [4.69, 9.17) is 17.0 Å². The molecule has 2 aliphatic rings. The van der Waals surface area contributed by atoms with E-state index in [2.05, 4.69) is 10.1 Å². The van der Waals surface area contributed by atoms with Gasteiger partial charge in [-0.05, 0) is 53.2 Å². The van der Waals surface area contributed by atoms with Crippen LogP contribution in [0.25, 0.3) is 6.08 Å². The first-order chi connectivity index (χ1) is 13.9. The first-order valence-corrected chi connectivity index (χ1v) is 10.1. The Bertz CT molecular complexity index is 1070. The quantitative estimate of drug-likeness (QED) is 0.745. The molecule has 29 heavy (non-hydrogen) atoms. The van der Waals surface area contributed by atoms with Gasteiger partial charge in [0.1, 0.15) is 5.04 Å². The largest absolute Gasteiger partial charge is 0.378 e. The number of hydrogen-bond acceptors (Lipinski definition) is 5. The number of carbonyl (C=O) groups is 1. The normalized spacial score (nSPS) is 17.3. The molecule has 4 rings (SSSR count). The highest BCUT2D eigenvalue weighted by Crippen LogP contribution is 2.30. The number of nitrogens with zero attached hydrogens (tertiary/aromatic N) is 4. The summed E-state index contributed by atoms with van der Waals surface area (Å²) in [6.07, 6.45) is 2.27. The van der Waals surface area contributed by atoms with Gasteiger partial charge in [-0.1, -0.05) is 35.9 Å². The van der Waals surface area contributed by atoms with Crippen LogP contribution in [0.3, 0.4) is 0 Å². The van der Waals surface area contributed by atoms with Gasteiger partial charge in [0, 0.05) is 31.2 Å². The average Bonchev–Trinajstić information content (AvgIpc) is 3.09. The average molecular weight is 424 g/mol. The number of thioether (sulfide) groups is 1. The van der Waals surface area contributed by atoms with Crippen LogP contribution < -0.4 is 4.90 Å². The highest BCUT2D eigenvalue weighted by molar-refractivity contribution is 8.26. The molecule has 2 aromatic rings. The number of fused-ring (bicyclic) bond motifs is 1. The zero-order valence-electron chi connectivity index (χ0n) is 15.9. The molecule has 1 amide bonds. The van der Waals surface area contributed by atoms with Crippen LogP contribution >= 0.6 is 23.4 Å². The molecule has 0 unspecified atom stereocenters. The maximum absolute atomic E-state index is 12.5. The summed E-state index contributed by atoms with van der Waals surface area (Å²) in [6, 6.07) is 15.3. The van der Waals surface area contributed by atoms with Gasteiger partial charge in [0.15, 0.2) is 5.84 Å². The van der Waals surface area contributed by atoms with Gasteiger partial charge in [-0.2, -0.15) is 15.1 Å². The van der Waals surface area contributed by atoms with Crippen molar-refractivity contribution in [3.63, 3.8) is 0 Å². The van der Waals surface area contributed by atoms with E-state index in [1.165, 1.54) is 16.8 Å². The highest BCUT2D eigenvalue weighted by Gasteiger charge is 2.35. The minimum Gasteiger partial charge on any atom is -0.378 e. The predicted octanol–water partition coefficient (Wildman–Crippen LogP) is 4.27. The van der Waals surface area contributed by atoms with Crippen LogP contribution in [-0.4, -0.2) is 41.1 Å². The van der Waals surface area contributed by atoms with E-state index in [1.807, 2.05) is 67.5 Å². The Morgan fingerprint density at radius 2 is 1.83 bits per heavy atom. The van der Waals surface area contributed by atoms with Gasteiger partial charge >= 0.3 is 0 Å². The van der Waals surface area contributed by atoms with Crippen LogP contribution in [0.5, 0.6) is 0 Å². The predicted molar refractivity (Wildman–Crippen MR) is 121 cm³/mol. The van der Waals surface area contributed by atoms with Crippen LogP contribution in [0.2, 0.25) is 5.02 Å². The van der Waals surface area contributed by atoms with E-state index in [1.54, 1.807) is 6.08 Å². The Kier molecular flexibility index (Phi) is 5.25. The monoisotopic (exact) mass is 423 g/mol. The third-order valence-electron chi connectivity index (χ3n) is 4.49. The maximum atomic E-state index is 12.5. The molecule has 0 saturated carbocycles. The van der Waals surface area contributed by atoms with Gasteiger partial charge in [0.05, 0.1) is 5.57 Å². The summed E-state index contributed by atoms with van der Waals surface area (Å²) in [4.78, 5) is 18.7. The molecule has 0 atom stereocenters. The molecule has 0 spiro atoms. The van der Waals surface area contributed by atoms with Crippen molar-refractivity contribution in [1.82, 2.24) is 5.01 Å². The number of nitrogens with one attached hydrogen (secondary N) is 1. The zero-order chi connectivity index (χ0) is 20.5. The minimum absolute atomic E-state index is 0.0373. The number of halogens is 1. The Labute approximate surface area is 178 Å². The van der Waals surface area contributed by atoms with Crippen molar-refractivity contribution in [2.24, 2.45) is 10.1 Å². The van der Waals surface area contributed by atoms with Crippen molar-refractivity contribution in [3.8, 4) is 0 Å². The number of aliphatic imine (C=N–C) groups is 1. The number of carbonyl (C=O) groups excluding carboxylic acids is 1. The third-order valence-corrected chi connectivity index (χ3v) is 5.65. The molecule has 2 heterocycles. The number of hydrogen-bond donors (Lipinski definition) is 1. The molecule has 1 N–H and O–H groups in total. The third kappa shape index (κ3) is 4.11. The summed E-state index contributed by atoms with van der Waals surface area (Å²) >= 11 is 7.25. The number of amidine groups is 2. The molecule has 0 saturated heterocycles. The Balaban J connectivity index is 1.56. The summed E-state index contributed by atoms with van der Waals surface area (Å²) in [5.41, 5.74) is 3.17. The fourth-order valence-corrected chi connectivity index (χ4v) is 3.96. The van der Waals surface area contributed by atoms with E-state index in [9.17, 15) is 4.79 Å². The van der Waals surface area contributed by atoms with Gasteiger partial charge in [-0.15, -0.1) is 0 Å². The lowest BCUT2D eigenvalue weighted by molar-refractivity contribution is -0.114. The second kappa shape index (κ2) is 7.85. The van der Waals surface area contributed by atoms with Crippen molar-refractivity contribution < 1.29 is 4.79 Å². The molecule has 0 radical (unpaired) electrons. The summed E-state index contributed by atoms with van der Waals surface area (Å²) < 4.78 is 0. The number of amides is 1. The van der Waals surface area contributed by atoms with Crippen molar-refractivity contribution in [1.29, 1.82) is 5.41 Å². The smallest absolute Gasteiger partial charge is 0.283 e. The second-order valence-electron chi connectivity index (χ2n) is 6.80. The fourth-order valence-electron chi connectivity index (χ4n) is 2.92. The maximum Gasteiger partial charge on any atom is 0.283 e. The van der Waals surface area contributed by atoms with Gasteiger partial charge in [-0.25, -0.2) is 0 Å². The second-order valence-corrected chi connectivity index (χ2v) is 8.28. The Morgan fingerprint density at radius 3 is 2.48 bits per heavy atom. The van der Waals surface area contributed by atoms with Crippen molar-refractivity contribution in [2.75, 3.05) is 19.0 Å². The molecular formula is C21H18ClN5OS. The lowest BCUT2D eigenvalue weighted by Crippen LogP contribution is -2.35. The van der Waals surface area contributed by atoms with E-state index < -0.39 is 5.91 Å². The Hall–Kier alpha value is -2.90. The number of anilines is 1. The summed E-state index contributed by atoms with van der Waals surface area (Å²) in [5.74, 6) is -0.385. The zero-order valence-corrected chi connectivity index (χ0v) is 17.5. The molecule has 0 aromatic heterocycles. The molecule has 0 fully saturated rings. The first kappa shape index (κ1) is 19.4. The molecule has 2 aromatic carbocycles. The van der Waals surface area contributed by atoms with E-state index in [-0.39, 0.29) is 11.4 Å². The number of hydrazone groups is 1. The lowest BCUT2D eigenvalue weighted by Gasteiger charge is -2.20. The summed E-state index contributed by atoms with van der Waals surface area (Å²) in [5, 5.41) is 16.3. The molecule has 146 valence electrons. The molecular weight excluding hydrogens is 406 g/mol. The molecule has 2 aliphatic heterocycles. The van der Waals surface area contributed by atoms with Gasteiger partial charge in [0.25, 0.3) is 5.91 Å². The van der Waals surface area contributed by atoms with Gasteiger partial charge in [-0.3, -0.25) is 10.2 Å². The Morgan fingerprint density at radius 1 is 1.14 bits per heavy atom. The van der Waals surface area contributed by atoms with Gasteiger partial charge < -0.3 is 4.90 Å². The first-order valence-electron chi connectivity index (χ1n) is 8.91. The van der Waals surface area contributed by atoms with Crippen molar-refractivity contribution >= 4 is 57.1 Å². The lowest BCUT2D eigenvalue weighted by atomic mass is 10.1. The topological polar surface area (TPSA) is 72.1 Å². The van der Waals surface area contributed by atoms with Crippen LogP contribution in [0.15, 0.2) is 64.2 Å². The van der Waals surface area contributed by atoms with Crippen LogP contribution in [-0.2, 0) is 11.2 Å². The van der Waals surface area contributed by atoms with E-state index in [0.717, 1.165) is 21.9 Å². The highest BCUT2D eigenvalue weighted by atomic mass is 35.5. The molecule has 0 aliphatic carbocycles. The van der Waals surface area contributed by atoms with E-state index in [0.29, 0.717) is 16.6 Å². The van der Waals surface area contributed by atoms with Crippen LogP contribution in [0.1, 0.15) is 11.1 Å². The van der Waals surface area contributed by atoms with Crippen molar-refractivity contribution in [2.45, 2.75) is 6.42 Å². The molecule has 8 heteroatoms. The number of rotatable bonds is 4. The molecule has 6 nitrogen and oxygen atoms in total. The van der Waals surface area contributed by atoms with Crippen molar-refractivity contribution in [3.05, 3.63) is 70.3 Å². The molecule has 0 bridgehead atoms. The summed E-state index contributed by atoms with van der Waals surface area (Å²) in [7, 11) is 3.93. The van der Waals surface area contributed by atoms with Crippen LogP contribution in [0.4, 0.5) is 5.69 Å². The number of benzene rings is 2. The fraction of sp³-hybridized carbons (Fsp3) is 0.143. The van der Waals surface area contributed by atoms with Crippen LogP contribution in [0, 0.1) is 5.41 Å². The standard InChI is InChI=1S/C21H18ClN5OS/c1-26(2)16-9-5-13(6-10-16)11-17-19(23)27-21(24-20(17)28)29-18(25-27)12-14-3-7-15(22)8-4-14/h3-11,23H,12H2,1-2H3/b17-11+,23-19?.